The number of nitrogens with one attached hydrogen (secondary N) is 1. The Hall–Kier alpha value is -2.36. The molecule has 1 aromatic carbocycles. The molecule has 0 aliphatic carbocycles. The van der Waals surface area contributed by atoms with Crippen molar-refractivity contribution in [1.82, 2.24) is 9.58 Å². The molecular weight excluding hydrogens is 389 g/mol. The van der Waals surface area contributed by atoms with Crippen LogP contribution in [0.2, 0.25) is 10.0 Å². The van der Waals surface area contributed by atoms with Gasteiger partial charge in [0.1, 0.15) is 0 Å². The van der Waals surface area contributed by atoms with Crippen LogP contribution in [-0.4, -0.2) is 29.2 Å². The SMILES string of the molecule is CCNn1ccc(/C=C/c2cc(Cl)c(/C=C/C3=CCN(CC)C=C3)cc2Cl)c1. The van der Waals surface area contributed by atoms with Crippen molar-refractivity contribution in [3.8, 4) is 0 Å². The lowest BCUT2D eigenvalue weighted by molar-refractivity contribution is 0.434. The second-order valence-electron chi connectivity index (χ2n) is 6.53. The highest BCUT2D eigenvalue weighted by Gasteiger charge is 2.05. The maximum Gasteiger partial charge on any atom is 0.0485 e. The predicted octanol–water partition coefficient (Wildman–Crippen LogP) is 6.32. The molecule has 146 valence electrons. The minimum Gasteiger partial charge on any atom is -0.374 e. The lowest BCUT2D eigenvalue weighted by Crippen LogP contribution is -2.18. The molecule has 2 heterocycles. The van der Waals surface area contributed by atoms with Crippen molar-refractivity contribution >= 4 is 41.4 Å². The van der Waals surface area contributed by atoms with Gasteiger partial charge in [0.15, 0.2) is 0 Å². The lowest BCUT2D eigenvalue weighted by atomic mass is 10.1. The first kappa shape index (κ1) is 20.4. The Morgan fingerprint density at radius 3 is 2.36 bits per heavy atom. The number of rotatable bonds is 7. The van der Waals surface area contributed by atoms with Crippen molar-refractivity contribution in [1.29, 1.82) is 0 Å². The van der Waals surface area contributed by atoms with Crippen molar-refractivity contribution in [3.63, 3.8) is 0 Å². The predicted molar refractivity (Wildman–Crippen MR) is 123 cm³/mol. The van der Waals surface area contributed by atoms with Crippen molar-refractivity contribution < 1.29 is 0 Å². The fourth-order valence-corrected chi connectivity index (χ4v) is 3.37. The number of nitrogens with zero attached hydrogens (tertiary/aromatic N) is 2. The van der Waals surface area contributed by atoms with E-state index >= 15 is 0 Å². The van der Waals surface area contributed by atoms with Gasteiger partial charge in [0, 0.05) is 42.1 Å². The van der Waals surface area contributed by atoms with Gasteiger partial charge in [-0.25, -0.2) is 0 Å². The van der Waals surface area contributed by atoms with Crippen molar-refractivity contribution in [2.45, 2.75) is 13.8 Å². The minimum atomic E-state index is 0.678. The van der Waals surface area contributed by atoms with Crippen molar-refractivity contribution in [2.24, 2.45) is 0 Å². The van der Waals surface area contributed by atoms with Crippen LogP contribution in [0.3, 0.4) is 0 Å². The van der Waals surface area contributed by atoms with Crippen molar-refractivity contribution in [2.75, 3.05) is 25.1 Å². The van der Waals surface area contributed by atoms with E-state index in [0.717, 1.165) is 36.3 Å². The van der Waals surface area contributed by atoms with Crippen LogP contribution in [0.5, 0.6) is 0 Å². The summed E-state index contributed by atoms with van der Waals surface area (Å²) in [6.45, 7) is 7.03. The molecule has 0 fully saturated rings. The number of halogens is 2. The smallest absolute Gasteiger partial charge is 0.0485 e. The average Bonchev–Trinajstić information content (AvgIpc) is 3.15. The fraction of sp³-hybridized carbons (Fsp3) is 0.217. The van der Waals surface area contributed by atoms with E-state index < -0.39 is 0 Å². The number of hydrogen-bond acceptors (Lipinski definition) is 2. The minimum absolute atomic E-state index is 0.678. The Balaban J connectivity index is 1.72. The van der Waals surface area contributed by atoms with E-state index in [-0.39, 0.29) is 0 Å². The number of hydrogen-bond donors (Lipinski definition) is 1. The molecule has 1 N–H and O–H groups in total. The van der Waals surface area contributed by atoms with Gasteiger partial charge in [-0.05, 0) is 66.6 Å². The lowest BCUT2D eigenvalue weighted by Gasteiger charge is -2.19. The van der Waals surface area contributed by atoms with E-state index in [2.05, 4.69) is 48.6 Å². The molecule has 1 aromatic heterocycles. The molecule has 5 heteroatoms. The zero-order valence-electron chi connectivity index (χ0n) is 16.2. The fourth-order valence-electron chi connectivity index (χ4n) is 2.90. The molecule has 3 rings (SSSR count). The maximum atomic E-state index is 6.49. The second-order valence-corrected chi connectivity index (χ2v) is 7.35. The zero-order valence-corrected chi connectivity index (χ0v) is 17.7. The standard InChI is InChI=1S/C23H25Cl2N3/c1-3-26-28-14-11-19(17-28)6-8-21-16-22(24)20(15-23(21)25)7-5-18-9-12-27(4-2)13-10-18/h5-12,14-17,26H,3-4,13H2,1-2H3/b7-5+,8-6+. The molecule has 0 bridgehead atoms. The van der Waals surface area contributed by atoms with E-state index in [0.29, 0.717) is 10.0 Å². The van der Waals surface area contributed by atoms with Crippen LogP contribution < -0.4 is 5.43 Å². The van der Waals surface area contributed by atoms with Gasteiger partial charge in [-0.1, -0.05) is 53.6 Å². The van der Waals surface area contributed by atoms with Gasteiger partial charge in [0.05, 0.1) is 0 Å². The highest BCUT2D eigenvalue weighted by atomic mass is 35.5. The third-order valence-electron chi connectivity index (χ3n) is 4.53. The monoisotopic (exact) mass is 413 g/mol. The molecule has 0 unspecified atom stereocenters. The van der Waals surface area contributed by atoms with E-state index in [1.54, 1.807) is 0 Å². The van der Waals surface area contributed by atoms with Crippen LogP contribution >= 0.6 is 23.2 Å². The Morgan fingerprint density at radius 2 is 1.75 bits per heavy atom. The first-order chi connectivity index (χ1) is 13.6. The highest BCUT2D eigenvalue weighted by Crippen LogP contribution is 2.28. The first-order valence-electron chi connectivity index (χ1n) is 9.48. The molecule has 0 atom stereocenters. The summed E-state index contributed by atoms with van der Waals surface area (Å²) in [7, 11) is 0. The molecule has 1 aliphatic rings. The summed E-state index contributed by atoms with van der Waals surface area (Å²) in [6.07, 6.45) is 18.5. The Morgan fingerprint density at radius 1 is 1.04 bits per heavy atom. The number of likely N-dealkylation sites (N-methyl/N-ethyl adjacent to an activating group) is 1. The van der Waals surface area contributed by atoms with E-state index in [9.17, 15) is 0 Å². The summed E-state index contributed by atoms with van der Waals surface area (Å²) in [4.78, 5) is 2.24. The van der Waals surface area contributed by atoms with Gasteiger partial charge in [0.25, 0.3) is 0 Å². The summed E-state index contributed by atoms with van der Waals surface area (Å²) in [5, 5.41) is 1.36. The second kappa shape index (κ2) is 9.72. The quantitative estimate of drug-likeness (QED) is 0.572. The summed E-state index contributed by atoms with van der Waals surface area (Å²) in [6, 6.07) is 5.86. The average molecular weight is 414 g/mol. The zero-order chi connectivity index (χ0) is 19.9. The molecule has 0 saturated carbocycles. The largest absolute Gasteiger partial charge is 0.374 e. The van der Waals surface area contributed by atoms with Crippen LogP contribution in [0.1, 0.15) is 30.5 Å². The van der Waals surface area contributed by atoms with Crippen LogP contribution in [0, 0.1) is 0 Å². The Bertz CT molecular complexity index is 935. The van der Waals surface area contributed by atoms with Crippen LogP contribution in [0.15, 0.2) is 60.6 Å². The van der Waals surface area contributed by atoms with Crippen LogP contribution in [0.4, 0.5) is 0 Å². The third-order valence-corrected chi connectivity index (χ3v) is 5.18. The molecule has 0 radical (unpaired) electrons. The van der Waals surface area contributed by atoms with Gasteiger partial charge in [-0.2, -0.15) is 0 Å². The Kier molecular flexibility index (Phi) is 7.07. The maximum absolute atomic E-state index is 6.49. The summed E-state index contributed by atoms with van der Waals surface area (Å²) < 4.78 is 1.94. The highest BCUT2D eigenvalue weighted by molar-refractivity contribution is 6.35. The van der Waals surface area contributed by atoms with Gasteiger partial charge in [0.2, 0.25) is 0 Å². The van der Waals surface area contributed by atoms with Gasteiger partial charge < -0.3 is 10.3 Å². The van der Waals surface area contributed by atoms with E-state index in [1.165, 1.54) is 5.57 Å². The van der Waals surface area contributed by atoms with Crippen LogP contribution in [-0.2, 0) is 0 Å². The van der Waals surface area contributed by atoms with Gasteiger partial charge in [-0.15, -0.1) is 0 Å². The first-order valence-corrected chi connectivity index (χ1v) is 10.2. The Labute approximate surface area is 177 Å². The summed E-state index contributed by atoms with van der Waals surface area (Å²) in [5.41, 5.74) is 7.29. The molecular formula is C23H25Cl2N3. The molecule has 1 aliphatic heterocycles. The number of aromatic nitrogens is 1. The summed E-state index contributed by atoms with van der Waals surface area (Å²) >= 11 is 13.0. The molecule has 3 nitrogen and oxygen atoms in total. The summed E-state index contributed by atoms with van der Waals surface area (Å²) in [5.74, 6) is 0. The molecule has 0 saturated heterocycles. The topological polar surface area (TPSA) is 20.2 Å². The molecule has 0 amide bonds. The van der Waals surface area contributed by atoms with E-state index in [4.69, 9.17) is 23.2 Å². The molecule has 0 spiro atoms. The van der Waals surface area contributed by atoms with Crippen molar-refractivity contribution in [3.05, 3.63) is 87.3 Å². The molecule has 28 heavy (non-hydrogen) atoms. The van der Waals surface area contributed by atoms with E-state index in [1.807, 2.05) is 53.5 Å². The number of benzene rings is 1. The third kappa shape index (κ3) is 5.34. The molecule has 2 aromatic rings. The normalized spacial score (nSPS) is 14.3. The van der Waals surface area contributed by atoms with Gasteiger partial charge in [-0.3, -0.25) is 4.68 Å². The number of allylic oxidation sites excluding steroid dienone is 3. The van der Waals surface area contributed by atoms with Gasteiger partial charge >= 0.3 is 0 Å². The van der Waals surface area contributed by atoms with Crippen LogP contribution in [0.25, 0.3) is 18.2 Å².